The summed E-state index contributed by atoms with van der Waals surface area (Å²) >= 11 is 9.24. The number of methoxy groups -OCH3 is 1. The molecule has 0 bridgehead atoms. The van der Waals surface area contributed by atoms with E-state index < -0.39 is 0 Å². The second kappa shape index (κ2) is 8.70. The molecule has 1 amide bonds. The lowest BCUT2D eigenvalue weighted by Gasteiger charge is -2.11. The van der Waals surface area contributed by atoms with Crippen molar-refractivity contribution in [2.45, 2.75) is 6.92 Å². The number of hydrogen-bond acceptors (Lipinski definition) is 4. The van der Waals surface area contributed by atoms with E-state index in [1.54, 1.807) is 43.5 Å². The number of benzene rings is 2. The maximum absolute atomic E-state index is 12.0. The van der Waals surface area contributed by atoms with Crippen LogP contribution in [-0.2, 0) is 0 Å². The predicted octanol–water partition coefficient (Wildman–Crippen LogP) is 4.27. The van der Waals surface area contributed by atoms with Gasteiger partial charge in [0.1, 0.15) is 0 Å². The molecule has 1 N–H and O–H groups in total. The Balaban J connectivity index is 2.11. The first-order valence-electron chi connectivity index (χ1n) is 7.14. The van der Waals surface area contributed by atoms with Crippen molar-refractivity contribution >= 4 is 39.7 Å². The Bertz CT molecular complexity index is 748. The van der Waals surface area contributed by atoms with E-state index in [1.165, 1.54) is 6.21 Å². The van der Waals surface area contributed by atoms with Crippen molar-refractivity contribution in [3.63, 3.8) is 0 Å². The monoisotopic (exact) mass is 410 g/mol. The minimum Gasteiger partial charge on any atom is -0.493 e. The van der Waals surface area contributed by atoms with Crippen LogP contribution in [0.4, 0.5) is 0 Å². The lowest BCUT2D eigenvalue weighted by Crippen LogP contribution is -2.17. The van der Waals surface area contributed by atoms with E-state index in [0.29, 0.717) is 28.7 Å². The van der Waals surface area contributed by atoms with Gasteiger partial charge in [-0.05, 0) is 59.3 Å². The van der Waals surface area contributed by atoms with Crippen LogP contribution in [0.1, 0.15) is 22.8 Å². The van der Waals surface area contributed by atoms with Gasteiger partial charge in [-0.1, -0.05) is 11.6 Å². The summed E-state index contributed by atoms with van der Waals surface area (Å²) < 4.78 is 11.6. The van der Waals surface area contributed by atoms with Crippen LogP contribution < -0.4 is 14.9 Å². The molecule has 0 atom stereocenters. The molecule has 0 radical (unpaired) electrons. The predicted molar refractivity (Wildman–Crippen MR) is 98.4 cm³/mol. The normalized spacial score (nSPS) is 10.7. The molecule has 0 unspecified atom stereocenters. The molecule has 0 fully saturated rings. The number of rotatable bonds is 6. The second-order valence-corrected chi connectivity index (χ2v) is 5.95. The fourth-order valence-electron chi connectivity index (χ4n) is 1.90. The molecule has 2 rings (SSSR count). The lowest BCUT2D eigenvalue weighted by molar-refractivity contribution is 0.0955. The van der Waals surface area contributed by atoms with Crippen LogP contribution in [0.3, 0.4) is 0 Å². The van der Waals surface area contributed by atoms with E-state index in [0.717, 1.165) is 10.0 Å². The van der Waals surface area contributed by atoms with E-state index >= 15 is 0 Å². The number of amides is 1. The Morgan fingerprint density at radius 2 is 2.00 bits per heavy atom. The van der Waals surface area contributed by atoms with Gasteiger partial charge in [-0.3, -0.25) is 4.79 Å². The largest absolute Gasteiger partial charge is 0.493 e. The first-order chi connectivity index (χ1) is 11.5. The minimum atomic E-state index is -0.322. The Hall–Kier alpha value is -2.05. The van der Waals surface area contributed by atoms with Gasteiger partial charge in [0.2, 0.25) is 0 Å². The first-order valence-corrected chi connectivity index (χ1v) is 8.31. The molecule has 0 heterocycles. The van der Waals surface area contributed by atoms with Crippen molar-refractivity contribution in [3.8, 4) is 11.5 Å². The summed E-state index contributed by atoms with van der Waals surface area (Å²) in [5.41, 5.74) is 3.68. The number of nitrogens with zero attached hydrogens (tertiary/aromatic N) is 1. The summed E-state index contributed by atoms with van der Waals surface area (Å²) in [6.07, 6.45) is 1.52. The van der Waals surface area contributed by atoms with Crippen molar-refractivity contribution in [2.75, 3.05) is 13.7 Å². The number of ether oxygens (including phenoxy) is 2. The van der Waals surface area contributed by atoms with Gasteiger partial charge >= 0.3 is 0 Å². The van der Waals surface area contributed by atoms with Crippen molar-refractivity contribution in [1.82, 2.24) is 5.43 Å². The van der Waals surface area contributed by atoms with E-state index in [-0.39, 0.29) is 5.91 Å². The Kier molecular flexibility index (Phi) is 6.63. The fraction of sp³-hybridized carbons (Fsp3) is 0.176. The third-order valence-electron chi connectivity index (χ3n) is 3.06. The molecule has 0 aliphatic carbocycles. The second-order valence-electron chi connectivity index (χ2n) is 4.66. The maximum Gasteiger partial charge on any atom is 0.271 e. The number of hydrogen-bond donors (Lipinski definition) is 1. The van der Waals surface area contributed by atoms with Gasteiger partial charge in [-0.15, -0.1) is 0 Å². The van der Waals surface area contributed by atoms with Gasteiger partial charge in [-0.2, -0.15) is 5.10 Å². The Labute approximate surface area is 153 Å². The van der Waals surface area contributed by atoms with Gasteiger partial charge in [-0.25, -0.2) is 5.43 Å². The standard InChI is InChI=1S/C17H16BrClN2O3/c1-3-24-16-9-14(18)12(8-15(16)23-2)10-20-21-17(22)11-4-6-13(19)7-5-11/h4-10H,3H2,1-2H3,(H,21,22)/b20-10-. The Morgan fingerprint density at radius 1 is 1.29 bits per heavy atom. The van der Waals surface area contributed by atoms with Crippen molar-refractivity contribution < 1.29 is 14.3 Å². The van der Waals surface area contributed by atoms with Gasteiger partial charge < -0.3 is 9.47 Å². The van der Waals surface area contributed by atoms with Crippen LogP contribution >= 0.6 is 27.5 Å². The first kappa shape index (κ1) is 18.3. The van der Waals surface area contributed by atoms with E-state index in [9.17, 15) is 4.79 Å². The topological polar surface area (TPSA) is 59.9 Å². The molecule has 2 aromatic carbocycles. The van der Waals surface area contributed by atoms with Gasteiger partial charge in [0.05, 0.1) is 19.9 Å². The number of hydrazone groups is 1. The molecule has 5 nitrogen and oxygen atoms in total. The molecule has 0 spiro atoms. The molecule has 0 aromatic heterocycles. The smallest absolute Gasteiger partial charge is 0.271 e. The van der Waals surface area contributed by atoms with Crippen LogP contribution in [0.25, 0.3) is 0 Å². The molecule has 2 aromatic rings. The Morgan fingerprint density at radius 3 is 2.62 bits per heavy atom. The number of carbonyl (C=O) groups is 1. The van der Waals surface area contributed by atoms with Crippen LogP contribution in [0.15, 0.2) is 46.0 Å². The molecule has 24 heavy (non-hydrogen) atoms. The highest BCUT2D eigenvalue weighted by Gasteiger charge is 2.09. The SMILES string of the molecule is CCOc1cc(Br)c(/C=N\NC(=O)c2ccc(Cl)cc2)cc1OC. The highest BCUT2D eigenvalue weighted by molar-refractivity contribution is 9.10. The van der Waals surface area contributed by atoms with Crippen molar-refractivity contribution in [1.29, 1.82) is 0 Å². The van der Waals surface area contributed by atoms with Crippen LogP contribution in [-0.4, -0.2) is 25.8 Å². The van der Waals surface area contributed by atoms with Gasteiger partial charge in [0.15, 0.2) is 11.5 Å². The molecule has 7 heteroatoms. The molecule has 0 aliphatic heterocycles. The zero-order valence-electron chi connectivity index (χ0n) is 13.2. The molecular weight excluding hydrogens is 396 g/mol. The third-order valence-corrected chi connectivity index (χ3v) is 4.00. The van der Waals surface area contributed by atoms with E-state index in [2.05, 4.69) is 26.5 Å². The molecular formula is C17H16BrClN2O3. The number of carbonyl (C=O) groups excluding carboxylic acids is 1. The molecule has 126 valence electrons. The quantitative estimate of drug-likeness (QED) is 0.570. The number of halogens is 2. The average molecular weight is 412 g/mol. The van der Waals surface area contributed by atoms with Gasteiger partial charge in [0, 0.05) is 20.6 Å². The highest BCUT2D eigenvalue weighted by Crippen LogP contribution is 2.32. The summed E-state index contributed by atoms with van der Waals surface area (Å²) in [6, 6.07) is 10.1. The highest BCUT2D eigenvalue weighted by atomic mass is 79.9. The summed E-state index contributed by atoms with van der Waals surface area (Å²) in [4.78, 5) is 12.0. The van der Waals surface area contributed by atoms with Crippen LogP contribution in [0.2, 0.25) is 5.02 Å². The summed E-state index contributed by atoms with van der Waals surface area (Å²) in [6.45, 7) is 2.43. The zero-order valence-corrected chi connectivity index (χ0v) is 15.5. The van der Waals surface area contributed by atoms with E-state index in [1.807, 2.05) is 6.92 Å². The average Bonchev–Trinajstić information content (AvgIpc) is 2.57. The summed E-state index contributed by atoms with van der Waals surface area (Å²) in [5.74, 6) is 0.900. The molecule has 0 saturated heterocycles. The van der Waals surface area contributed by atoms with E-state index in [4.69, 9.17) is 21.1 Å². The maximum atomic E-state index is 12.0. The summed E-state index contributed by atoms with van der Waals surface area (Å²) in [5, 5.41) is 4.54. The fourth-order valence-corrected chi connectivity index (χ4v) is 2.45. The molecule has 0 saturated carbocycles. The lowest BCUT2D eigenvalue weighted by atomic mass is 10.2. The van der Waals surface area contributed by atoms with Gasteiger partial charge in [0.25, 0.3) is 5.91 Å². The molecule has 0 aliphatic rings. The number of nitrogens with one attached hydrogen (secondary N) is 1. The summed E-state index contributed by atoms with van der Waals surface area (Å²) in [7, 11) is 1.56. The van der Waals surface area contributed by atoms with Crippen molar-refractivity contribution in [2.24, 2.45) is 5.10 Å². The minimum absolute atomic E-state index is 0.322. The third kappa shape index (κ3) is 4.72. The van der Waals surface area contributed by atoms with Crippen LogP contribution in [0, 0.1) is 0 Å². The zero-order chi connectivity index (χ0) is 17.5. The van der Waals surface area contributed by atoms with Crippen LogP contribution in [0.5, 0.6) is 11.5 Å². The van der Waals surface area contributed by atoms with Crippen molar-refractivity contribution in [3.05, 3.63) is 57.0 Å².